The molecule has 0 saturated heterocycles. The van der Waals surface area contributed by atoms with Gasteiger partial charge in [-0.15, -0.1) is 0 Å². The van der Waals surface area contributed by atoms with E-state index in [1.54, 1.807) is 0 Å². The molecule has 0 unspecified atom stereocenters. The summed E-state index contributed by atoms with van der Waals surface area (Å²) in [6.45, 7) is 12.6. The van der Waals surface area contributed by atoms with Crippen LogP contribution in [0.25, 0.3) is 0 Å². The molecule has 0 rings (SSSR count). The first-order valence-electron chi connectivity index (χ1n) is 4.33. The summed E-state index contributed by atoms with van der Waals surface area (Å²) in [6.07, 6.45) is 3.89. The minimum Gasteiger partial charge on any atom is -0.0776 e. The van der Waals surface area contributed by atoms with Gasteiger partial charge in [0.25, 0.3) is 0 Å². The number of hydrogen-bond acceptors (Lipinski definition) is 0. The maximum Gasteiger partial charge on any atom is -0.0564 e. The van der Waals surface area contributed by atoms with Crippen LogP contribution in [0.3, 0.4) is 0 Å². The molecule has 0 aromatic heterocycles. The maximum absolute atomic E-state index is 2.18. The Morgan fingerprint density at radius 1 is 0.583 bits per heavy atom. The monoisotopic (exact) mass is 180 g/mol. The van der Waals surface area contributed by atoms with E-state index < -0.39 is 0 Å². The van der Waals surface area contributed by atoms with E-state index in [4.69, 9.17) is 0 Å². The maximum atomic E-state index is 2.18. The molecule has 0 aliphatic heterocycles. The molecule has 0 N–H and O–H groups in total. The molecule has 0 spiro atoms. The quantitative estimate of drug-likeness (QED) is 0.453. The van der Waals surface area contributed by atoms with Crippen LogP contribution in [0.15, 0.2) is 0 Å². The molecule has 12 heavy (non-hydrogen) atoms. The van der Waals surface area contributed by atoms with Gasteiger partial charge in [-0.1, -0.05) is 83.1 Å². The Kier molecular flexibility index (Phi) is 411. The third-order valence-corrected chi connectivity index (χ3v) is 0.500. The van der Waals surface area contributed by atoms with Crippen molar-refractivity contribution in [2.24, 2.45) is 0 Å². The molecule has 0 fully saturated rings. The Morgan fingerprint density at radius 2 is 0.667 bits per heavy atom. The molecule has 0 aliphatic rings. The number of hydrogen-bond donors (Lipinski definition) is 0. The molecule has 0 nitrogen and oxygen atoms in total. The predicted molar refractivity (Wildman–Crippen MR) is 68.1 cm³/mol. The fourth-order valence-electron chi connectivity index (χ4n) is 0. The third-order valence-electron chi connectivity index (χ3n) is 0.500. The second kappa shape index (κ2) is 122. The summed E-state index contributed by atoms with van der Waals surface area (Å²) in [5, 5.41) is 0. The highest BCUT2D eigenvalue weighted by molar-refractivity contribution is 4.12. The lowest BCUT2D eigenvalue weighted by Crippen LogP contribution is -1.47. The zero-order chi connectivity index (χ0) is 8.12. The van der Waals surface area contributed by atoms with Crippen LogP contribution in [-0.4, -0.2) is 0 Å². The van der Waals surface area contributed by atoms with Crippen molar-refractivity contribution in [1.29, 1.82) is 0 Å². The Bertz CT molecular complexity index is 7.51. The van der Waals surface area contributed by atoms with Crippen LogP contribution in [0.1, 0.15) is 83.1 Å². The van der Waals surface area contributed by atoms with Crippen molar-refractivity contribution in [1.82, 2.24) is 0 Å². The predicted octanol–water partition coefficient (Wildman–Crippen LogP) is 6.16. The van der Waals surface area contributed by atoms with Gasteiger partial charge in [0, 0.05) is 0 Å². The van der Waals surface area contributed by atoms with E-state index in [0.717, 1.165) is 0 Å². The van der Waals surface area contributed by atoms with E-state index >= 15 is 0 Å². The average molecular weight is 180 g/mol. The van der Waals surface area contributed by atoms with Crippen molar-refractivity contribution < 1.29 is 0 Å². The first-order valence-corrected chi connectivity index (χ1v) is 4.33. The average Bonchev–Trinajstić information content (AvgIpc) is 1.94. The van der Waals surface area contributed by atoms with Gasteiger partial charge in [-0.2, -0.15) is 0 Å². The second-order valence-corrected chi connectivity index (χ2v) is 1.71. The molecular weight excluding hydrogens is 144 g/mol. The van der Waals surface area contributed by atoms with Gasteiger partial charge in [0.2, 0.25) is 0 Å². The summed E-state index contributed by atoms with van der Waals surface area (Å²) >= 11 is 0. The Hall–Kier alpha value is 0. The summed E-state index contributed by atoms with van der Waals surface area (Å²) in [6, 6.07) is 0. The normalized spacial score (nSPS) is 4.50. The van der Waals surface area contributed by atoms with Crippen LogP contribution in [0, 0.1) is 0 Å². The van der Waals surface area contributed by atoms with Crippen LogP contribution in [-0.2, 0) is 0 Å². The minimum atomic E-state index is 0. The van der Waals surface area contributed by atoms with E-state index in [-0.39, 0.29) is 22.3 Å². The van der Waals surface area contributed by atoms with Gasteiger partial charge in [-0.3, -0.25) is 0 Å². The first-order chi connectivity index (χ1) is 4.33. The topological polar surface area (TPSA) is 0 Å². The van der Waals surface area contributed by atoms with Gasteiger partial charge in [-0.25, -0.2) is 0 Å². The lowest BCUT2D eigenvalue weighted by Gasteiger charge is -1.68. The van der Waals surface area contributed by atoms with Gasteiger partial charge < -0.3 is 0 Å². The minimum absolute atomic E-state index is 0. The third kappa shape index (κ3) is 810. The standard InChI is InChI=1S/C4H10.C3H8.C2H6.3CH4/c1-3-4-2;1-3-2;1-2;;;/h3-4H2,1-2H3;3H2,1-2H3;1-2H3;3*1H4. The summed E-state index contributed by atoms with van der Waals surface area (Å²) in [5.74, 6) is 0. The van der Waals surface area contributed by atoms with Crippen LogP contribution < -0.4 is 0 Å². The van der Waals surface area contributed by atoms with Gasteiger partial charge in [0.15, 0.2) is 0 Å². The van der Waals surface area contributed by atoms with Gasteiger partial charge >= 0.3 is 0 Å². The fourth-order valence-corrected chi connectivity index (χ4v) is 0. The SMILES string of the molecule is C.C.C.CC.CCC.CCCC. The molecule has 0 amide bonds. The molecule has 0 saturated carbocycles. The summed E-state index contributed by atoms with van der Waals surface area (Å²) in [7, 11) is 0. The van der Waals surface area contributed by atoms with Gasteiger partial charge in [-0.05, 0) is 0 Å². The van der Waals surface area contributed by atoms with Crippen molar-refractivity contribution in [2.75, 3.05) is 0 Å². The van der Waals surface area contributed by atoms with Crippen LogP contribution in [0.4, 0.5) is 0 Å². The molecule has 0 atom stereocenters. The Balaban J connectivity index is -0.0000000105. The number of rotatable bonds is 1. The van der Waals surface area contributed by atoms with E-state index in [1.807, 2.05) is 13.8 Å². The smallest absolute Gasteiger partial charge is 0.0564 e. The highest BCUT2D eigenvalue weighted by atomic mass is 13.6. The van der Waals surface area contributed by atoms with Crippen LogP contribution >= 0.6 is 0 Å². The zero-order valence-corrected chi connectivity index (χ0v) is 8.12. The molecule has 0 aromatic carbocycles. The van der Waals surface area contributed by atoms with E-state index in [0.29, 0.717) is 0 Å². The fraction of sp³-hybridized carbons (Fsp3) is 1.00. The first kappa shape index (κ1) is 40.3. The molecule has 0 heteroatoms. The largest absolute Gasteiger partial charge is 0.0776 e. The molecule has 0 aliphatic carbocycles. The van der Waals surface area contributed by atoms with E-state index in [2.05, 4.69) is 27.7 Å². The van der Waals surface area contributed by atoms with Crippen molar-refractivity contribution >= 4 is 0 Å². The molecule has 0 bridgehead atoms. The van der Waals surface area contributed by atoms with E-state index in [9.17, 15) is 0 Å². The number of unbranched alkanes of at least 4 members (excludes halogenated alkanes) is 1. The second-order valence-electron chi connectivity index (χ2n) is 1.71. The van der Waals surface area contributed by atoms with Gasteiger partial charge in [0.1, 0.15) is 0 Å². The van der Waals surface area contributed by atoms with Gasteiger partial charge in [0.05, 0.1) is 0 Å². The zero-order valence-electron chi connectivity index (χ0n) is 8.12. The lowest BCUT2D eigenvalue weighted by atomic mass is 10.4. The molecule has 0 heterocycles. The van der Waals surface area contributed by atoms with E-state index in [1.165, 1.54) is 19.3 Å². The molecule has 0 aromatic rings. The van der Waals surface area contributed by atoms with Crippen molar-refractivity contribution in [3.05, 3.63) is 0 Å². The Labute approximate surface area is 83.8 Å². The molecule has 84 valence electrons. The highest BCUT2D eigenvalue weighted by Gasteiger charge is 1.56. The van der Waals surface area contributed by atoms with Crippen LogP contribution in [0.5, 0.6) is 0 Å². The lowest BCUT2D eigenvalue weighted by molar-refractivity contribution is 0.886. The molecule has 0 radical (unpaired) electrons. The van der Waals surface area contributed by atoms with Crippen LogP contribution in [0.2, 0.25) is 0 Å². The highest BCUT2D eigenvalue weighted by Crippen LogP contribution is 1.76. The Morgan fingerprint density at radius 3 is 0.667 bits per heavy atom. The van der Waals surface area contributed by atoms with Crippen molar-refractivity contribution in [3.8, 4) is 0 Å². The summed E-state index contributed by atoms with van der Waals surface area (Å²) in [4.78, 5) is 0. The summed E-state index contributed by atoms with van der Waals surface area (Å²) in [5.41, 5.74) is 0. The summed E-state index contributed by atoms with van der Waals surface area (Å²) < 4.78 is 0. The van der Waals surface area contributed by atoms with Crippen molar-refractivity contribution in [3.63, 3.8) is 0 Å². The molecular formula is C12H36. The van der Waals surface area contributed by atoms with Crippen molar-refractivity contribution in [2.45, 2.75) is 83.1 Å².